The van der Waals surface area contributed by atoms with Crippen LogP contribution >= 0.6 is 0 Å². The molecule has 14 heteroatoms. The number of halogens is 6. The van der Waals surface area contributed by atoms with E-state index < -0.39 is 77.5 Å². The highest BCUT2D eigenvalue weighted by Crippen LogP contribution is 2.43. The van der Waals surface area contributed by atoms with E-state index in [-0.39, 0.29) is 38.5 Å². The fourth-order valence-electron chi connectivity index (χ4n) is 5.61. The molecule has 2 atom stereocenters. The smallest absolute Gasteiger partial charge is 0.377 e. The third-order valence-corrected chi connectivity index (χ3v) is 8.08. The van der Waals surface area contributed by atoms with Crippen LogP contribution in [0.3, 0.4) is 0 Å². The van der Waals surface area contributed by atoms with E-state index >= 15 is 4.39 Å². The summed E-state index contributed by atoms with van der Waals surface area (Å²) in [6.45, 7) is -0.258. The maximum absolute atomic E-state index is 15.9. The van der Waals surface area contributed by atoms with Crippen molar-refractivity contribution in [2.75, 3.05) is 24.7 Å². The van der Waals surface area contributed by atoms with Crippen LogP contribution in [-0.4, -0.2) is 59.5 Å². The zero-order chi connectivity index (χ0) is 30.9. The van der Waals surface area contributed by atoms with Crippen LogP contribution < -0.4 is 10.2 Å². The Morgan fingerprint density at radius 2 is 1.88 bits per heavy atom. The first-order chi connectivity index (χ1) is 20.4. The molecule has 1 N–H and O–H groups in total. The number of pyridine rings is 1. The number of carbonyl (C=O) groups excluding carboxylic acids is 2. The Morgan fingerprint density at radius 3 is 2.51 bits per heavy atom. The van der Waals surface area contributed by atoms with Gasteiger partial charge in [0, 0.05) is 36.8 Å². The zero-order valence-corrected chi connectivity index (χ0v) is 22.9. The predicted octanol–water partition coefficient (Wildman–Crippen LogP) is 5.07. The normalized spacial score (nSPS) is 21.5. The van der Waals surface area contributed by atoms with E-state index in [2.05, 4.69) is 10.3 Å². The molecule has 0 bridgehead atoms. The Morgan fingerprint density at radius 1 is 1.16 bits per heavy atom. The highest BCUT2D eigenvalue weighted by atomic mass is 19.4. The SMILES string of the molecule is N#CN1CCOC[C@@H]1C(=O)N(c1ccc(C2CC2)cc1F)C(C(=O)NC1CCC(F)(F)CC1)c1cnccc1C(F)(F)F. The lowest BCUT2D eigenvalue weighted by molar-refractivity contribution is -0.139. The molecule has 1 aromatic heterocycles. The zero-order valence-electron chi connectivity index (χ0n) is 22.9. The molecule has 2 amide bonds. The van der Waals surface area contributed by atoms with Gasteiger partial charge in [0.25, 0.3) is 5.91 Å². The minimum Gasteiger partial charge on any atom is -0.377 e. The van der Waals surface area contributed by atoms with Crippen LogP contribution in [0.2, 0.25) is 0 Å². The number of benzene rings is 1. The molecule has 8 nitrogen and oxygen atoms in total. The molecule has 2 aliphatic carbocycles. The van der Waals surface area contributed by atoms with Gasteiger partial charge in [-0.1, -0.05) is 6.07 Å². The average Bonchev–Trinajstić information content (AvgIpc) is 3.82. The minimum atomic E-state index is -5.00. The van der Waals surface area contributed by atoms with Gasteiger partial charge < -0.3 is 10.1 Å². The van der Waals surface area contributed by atoms with Crippen molar-refractivity contribution in [2.45, 2.75) is 74.7 Å². The van der Waals surface area contributed by atoms with E-state index in [4.69, 9.17) is 4.74 Å². The number of anilines is 1. The molecule has 0 spiro atoms. The number of nitrogens with one attached hydrogen (secondary N) is 1. The monoisotopic (exact) mass is 609 g/mol. The Hall–Kier alpha value is -3.86. The van der Waals surface area contributed by atoms with Gasteiger partial charge in [0.1, 0.15) is 17.9 Å². The Kier molecular flexibility index (Phi) is 8.56. The number of hydrogen-bond acceptors (Lipinski definition) is 6. The maximum atomic E-state index is 15.9. The molecule has 5 rings (SSSR count). The lowest BCUT2D eigenvalue weighted by atomic mass is 9.91. The van der Waals surface area contributed by atoms with Gasteiger partial charge in [-0.25, -0.2) is 13.2 Å². The summed E-state index contributed by atoms with van der Waals surface area (Å²) in [5, 5.41) is 12.2. The summed E-state index contributed by atoms with van der Waals surface area (Å²) < 4.78 is 91.7. The first-order valence-electron chi connectivity index (χ1n) is 14.0. The Balaban J connectivity index is 1.64. The Labute approximate surface area is 243 Å². The van der Waals surface area contributed by atoms with Crippen molar-refractivity contribution < 1.29 is 40.7 Å². The summed E-state index contributed by atoms with van der Waals surface area (Å²) in [4.78, 5) is 33.7. The number of ether oxygens (including phenoxy) is 1. The number of rotatable bonds is 7. The van der Waals surface area contributed by atoms with E-state index in [0.717, 1.165) is 30.1 Å². The van der Waals surface area contributed by atoms with Crippen LogP contribution in [0.1, 0.15) is 67.2 Å². The quantitative estimate of drug-likeness (QED) is 0.348. The van der Waals surface area contributed by atoms with Crippen molar-refractivity contribution in [3.8, 4) is 6.19 Å². The van der Waals surface area contributed by atoms with Crippen molar-refractivity contribution >= 4 is 17.5 Å². The van der Waals surface area contributed by atoms with Gasteiger partial charge in [-0.3, -0.25) is 24.4 Å². The van der Waals surface area contributed by atoms with Crippen LogP contribution in [0.25, 0.3) is 0 Å². The van der Waals surface area contributed by atoms with Crippen molar-refractivity contribution in [2.24, 2.45) is 0 Å². The van der Waals surface area contributed by atoms with E-state index in [1.54, 1.807) is 6.07 Å². The molecule has 230 valence electrons. The largest absolute Gasteiger partial charge is 0.416 e. The number of morpholine rings is 1. The first kappa shape index (κ1) is 30.6. The molecule has 2 saturated carbocycles. The second-order valence-electron chi connectivity index (χ2n) is 11.1. The lowest BCUT2D eigenvalue weighted by Gasteiger charge is -2.39. The van der Waals surface area contributed by atoms with Gasteiger partial charge in [0.05, 0.1) is 31.0 Å². The van der Waals surface area contributed by atoms with Crippen molar-refractivity contribution in [1.82, 2.24) is 15.2 Å². The van der Waals surface area contributed by atoms with Crippen molar-refractivity contribution in [3.05, 3.63) is 59.2 Å². The summed E-state index contributed by atoms with van der Waals surface area (Å²) in [6.07, 6.45) is -1.23. The molecule has 3 aliphatic rings. The number of hydrogen-bond donors (Lipinski definition) is 1. The van der Waals surface area contributed by atoms with Crippen LogP contribution in [-0.2, 0) is 20.5 Å². The number of nitrogens with zero attached hydrogens (tertiary/aromatic N) is 4. The number of alkyl halides is 5. The standard InChI is InChI=1S/C29H29F6N5O3/c30-22-13-18(17-1-2-17)3-4-23(22)40(27(42)24-15-43-12-11-39(24)16-36)25(20-14-37-10-7-21(20)29(33,34)35)26(41)38-19-5-8-28(31,32)9-6-19/h3-4,7,10,13-14,17,19,24-25H,1-2,5-6,8-9,11-12,15H2,(H,38,41)/t24-,25?/m1/s1. The van der Waals surface area contributed by atoms with E-state index in [1.807, 2.05) is 6.19 Å². The topological polar surface area (TPSA) is 98.6 Å². The molecule has 1 aromatic carbocycles. The molecule has 2 aromatic rings. The van der Waals surface area contributed by atoms with Crippen LogP contribution in [0, 0.1) is 17.3 Å². The molecular weight excluding hydrogens is 580 g/mol. The van der Waals surface area contributed by atoms with Gasteiger partial charge >= 0.3 is 6.18 Å². The molecule has 3 fully saturated rings. The van der Waals surface area contributed by atoms with Gasteiger partial charge in [0.2, 0.25) is 11.8 Å². The molecule has 43 heavy (non-hydrogen) atoms. The van der Waals surface area contributed by atoms with Crippen LogP contribution in [0.4, 0.5) is 32.0 Å². The fourth-order valence-corrected chi connectivity index (χ4v) is 5.61. The van der Waals surface area contributed by atoms with E-state index in [1.165, 1.54) is 12.1 Å². The average molecular weight is 610 g/mol. The summed E-state index contributed by atoms with van der Waals surface area (Å²) in [6, 6.07) is 0.262. The van der Waals surface area contributed by atoms with E-state index in [9.17, 15) is 36.8 Å². The summed E-state index contributed by atoms with van der Waals surface area (Å²) >= 11 is 0. The maximum Gasteiger partial charge on any atom is 0.416 e. The summed E-state index contributed by atoms with van der Waals surface area (Å²) in [7, 11) is 0. The number of aromatic nitrogens is 1. The third kappa shape index (κ3) is 6.71. The van der Waals surface area contributed by atoms with Gasteiger partial charge in [0.15, 0.2) is 6.19 Å². The van der Waals surface area contributed by atoms with Gasteiger partial charge in [-0.15, -0.1) is 0 Å². The predicted molar refractivity (Wildman–Crippen MR) is 140 cm³/mol. The minimum absolute atomic E-state index is 0.0162. The van der Waals surface area contributed by atoms with Crippen LogP contribution in [0.5, 0.6) is 0 Å². The first-order valence-corrected chi connectivity index (χ1v) is 14.0. The molecule has 1 saturated heterocycles. The van der Waals surface area contributed by atoms with Gasteiger partial charge in [-0.05, 0) is 55.4 Å². The van der Waals surface area contributed by atoms with E-state index in [0.29, 0.717) is 16.5 Å². The number of amides is 2. The third-order valence-electron chi connectivity index (χ3n) is 8.08. The highest BCUT2D eigenvalue weighted by molar-refractivity contribution is 6.04. The molecule has 1 aliphatic heterocycles. The van der Waals surface area contributed by atoms with Gasteiger partial charge in [-0.2, -0.15) is 18.4 Å². The molecular formula is C29H29F6N5O3. The molecule has 1 unspecified atom stereocenters. The summed E-state index contributed by atoms with van der Waals surface area (Å²) in [5.41, 5.74) is -1.88. The second-order valence-corrected chi connectivity index (χ2v) is 11.1. The van der Waals surface area contributed by atoms with Crippen LogP contribution in [0.15, 0.2) is 36.7 Å². The molecule has 2 heterocycles. The summed E-state index contributed by atoms with van der Waals surface area (Å²) in [5.74, 6) is -5.97. The number of nitriles is 1. The van der Waals surface area contributed by atoms with Crippen molar-refractivity contribution in [3.63, 3.8) is 0 Å². The van der Waals surface area contributed by atoms with Crippen molar-refractivity contribution in [1.29, 1.82) is 5.26 Å². The number of carbonyl (C=O) groups is 2. The second kappa shape index (κ2) is 12.0. The fraction of sp³-hybridized carbons (Fsp3) is 0.517. The molecule has 0 radical (unpaired) electrons. The lowest BCUT2D eigenvalue weighted by Crippen LogP contribution is -2.56. The Bertz CT molecular complexity index is 1400. The highest BCUT2D eigenvalue weighted by Gasteiger charge is 2.46.